The summed E-state index contributed by atoms with van der Waals surface area (Å²) in [6.07, 6.45) is 25.0. The van der Waals surface area contributed by atoms with Gasteiger partial charge in [-0.05, 0) is 38.5 Å². The molecule has 0 radical (unpaired) electrons. The number of hydrogen-bond acceptors (Lipinski definition) is 0. The molecule has 0 spiro atoms. The maximum absolute atomic E-state index is 2.30. The van der Waals surface area contributed by atoms with E-state index < -0.39 is 0 Å². The fourth-order valence-corrected chi connectivity index (χ4v) is 1.42. The highest BCUT2D eigenvalue weighted by Gasteiger charge is 1.83. The SMILES string of the molecule is C1=CCC=CCC=CCCCCC=C1. The Kier molecular flexibility index (Phi) is 6.74. The van der Waals surface area contributed by atoms with Gasteiger partial charge in [0.15, 0.2) is 0 Å². The average molecular weight is 188 g/mol. The largest absolute Gasteiger partial charge is 0.0882 e. The second kappa shape index (κ2) is 8.55. The molecule has 0 fully saturated rings. The van der Waals surface area contributed by atoms with Crippen molar-refractivity contribution in [1.29, 1.82) is 0 Å². The van der Waals surface area contributed by atoms with Crippen LogP contribution in [-0.4, -0.2) is 0 Å². The second-order valence-electron chi connectivity index (χ2n) is 3.55. The third-order valence-corrected chi connectivity index (χ3v) is 2.25. The summed E-state index contributed by atoms with van der Waals surface area (Å²) in [6, 6.07) is 0. The van der Waals surface area contributed by atoms with Crippen molar-refractivity contribution < 1.29 is 0 Å². The predicted molar refractivity (Wildman–Crippen MR) is 64.3 cm³/mol. The Labute approximate surface area is 87.7 Å². The lowest BCUT2D eigenvalue weighted by Crippen LogP contribution is -1.72. The van der Waals surface area contributed by atoms with E-state index >= 15 is 0 Å². The molecule has 1 aliphatic carbocycles. The first-order valence-corrected chi connectivity index (χ1v) is 5.62. The van der Waals surface area contributed by atoms with Crippen LogP contribution in [0.3, 0.4) is 0 Å². The predicted octanol–water partition coefficient (Wildman–Crippen LogP) is 4.57. The van der Waals surface area contributed by atoms with Crippen LogP contribution in [-0.2, 0) is 0 Å². The smallest absolute Gasteiger partial charge is 0.0166 e. The van der Waals surface area contributed by atoms with E-state index in [0.717, 1.165) is 12.8 Å². The maximum Gasteiger partial charge on any atom is -0.0166 e. The molecule has 0 heteroatoms. The molecule has 0 saturated heterocycles. The summed E-state index contributed by atoms with van der Waals surface area (Å²) in [5.41, 5.74) is 0. The Hall–Kier alpha value is -1.04. The zero-order valence-electron chi connectivity index (χ0n) is 8.86. The van der Waals surface area contributed by atoms with E-state index in [9.17, 15) is 0 Å². The minimum atomic E-state index is 1.05. The van der Waals surface area contributed by atoms with Gasteiger partial charge in [0.2, 0.25) is 0 Å². The third-order valence-electron chi connectivity index (χ3n) is 2.25. The summed E-state index contributed by atoms with van der Waals surface area (Å²) in [4.78, 5) is 0. The van der Waals surface area contributed by atoms with Crippen LogP contribution in [0.2, 0.25) is 0 Å². The Morgan fingerprint density at radius 3 is 1.93 bits per heavy atom. The summed E-state index contributed by atoms with van der Waals surface area (Å²) in [6.45, 7) is 0. The fraction of sp³-hybridized carbons (Fsp3) is 0.429. The highest BCUT2D eigenvalue weighted by Crippen LogP contribution is 2.03. The zero-order chi connectivity index (χ0) is 9.90. The fourth-order valence-electron chi connectivity index (χ4n) is 1.42. The van der Waals surface area contributed by atoms with Crippen molar-refractivity contribution in [2.75, 3.05) is 0 Å². The standard InChI is InChI=1S/C14H20/c1-2-4-6-8-10-12-14-13-11-9-7-5-3-1/h1-4,7,9,13-14H,5-6,8,10-12H2. The van der Waals surface area contributed by atoms with E-state index in [2.05, 4.69) is 48.6 Å². The minimum absolute atomic E-state index is 1.05. The highest BCUT2D eigenvalue weighted by atomic mass is 13.9. The van der Waals surface area contributed by atoms with Crippen LogP contribution in [0, 0.1) is 0 Å². The van der Waals surface area contributed by atoms with Gasteiger partial charge < -0.3 is 0 Å². The number of hydrogen-bond donors (Lipinski definition) is 0. The van der Waals surface area contributed by atoms with Crippen LogP contribution in [0.4, 0.5) is 0 Å². The first kappa shape index (κ1) is 11.0. The van der Waals surface area contributed by atoms with Crippen LogP contribution in [0.5, 0.6) is 0 Å². The van der Waals surface area contributed by atoms with Crippen molar-refractivity contribution >= 4 is 0 Å². The highest BCUT2D eigenvalue weighted by molar-refractivity contribution is 5.05. The molecule has 0 nitrogen and oxygen atoms in total. The first-order valence-electron chi connectivity index (χ1n) is 5.62. The minimum Gasteiger partial charge on any atom is -0.0882 e. The second-order valence-corrected chi connectivity index (χ2v) is 3.55. The molecule has 0 bridgehead atoms. The lowest BCUT2D eigenvalue weighted by atomic mass is 10.1. The molecule has 0 unspecified atom stereocenters. The maximum atomic E-state index is 2.30. The van der Waals surface area contributed by atoms with Gasteiger partial charge in [-0.25, -0.2) is 0 Å². The quantitative estimate of drug-likeness (QED) is 0.489. The molecule has 0 amide bonds. The molecule has 0 heterocycles. The Morgan fingerprint density at radius 1 is 0.500 bits per heavy atom. The Bertz CT molecular complexity index is 228. The molecule has 1 rings (SSSR count). The van der Waals surface area contributed by atoms with Crippen molar-refractivity contribution in [3.8, 4) is 0 Å². The van der Waals surface area contributed by atoms with Gasteiger partial charge in [0.1, 0.15) is 0 Å². The molecule has 76 valence electrons. The average Bonchev–Trinajstić information content (AvgIpc) is 2.22. The van der Waals surface area contributed by atoms with Gasteiger partial charge in [-0.15, -0.1) is 0 Å². The van der Waals surface area contributed by atoms with Gasteiger partial charge in [-0.2, -0.15) is 0 Å². The molecule has 0 atom stereocenters. The third kappa shape index (κ3) is 6.47. The van der Waals surface area contributed by atoms with Gasteiger partial charge in [0.05, 0.1) is 0 Å². The van der Waals surface area contributed by atoms with E-state index in [1.54, 1.807) is 0 Å². The summed E-state index contributed by atoms with van der Waals surface area (Å²) < 4.78 is 0. The molecular formula is C14H20. The van der Waals surface area contributed by atoms with Crippen LogP contribution >= 0.6 is 0 Å². The molecular weight excluding hydrogens is 168 g/mol. The van der Waals surface area contributed by atoms with Gasteiger partial charge in [-0.1, -0.05) is 48.6 Å². The summed E-state index contributed by atoms with van der Waals surface area (Å²) >= 11 is 0. The van der Waals surface area contributed by atoms with Gasteiger partial charge in [0, 0.05) is 0 Å². The summed E-state index contributed by atoms with van der Waals surface area (Å²) in [5, 5.41) is 0. The van der Waals surface area contributed by atoms with Crippen molar-refractivity contribution in [3.63, 3.8) is 0 Å². The molecule has 0 N–H and O–H groups in total. The summed E-state index contributed by atoms with van der Waals surface area (Å²) in [7, 11) is 0. The summed E-state index contributed by atoms with van der Waals surface area (Å²) in [5.74, 6) is 0. The van der Waals surface area contributed by atoms with Crippen LogP contribution in [0.15, 0.2) is 48.6 Å². The molecule has 0 aromatic carbocycles. The van der Waals surface area contributed by atoms with E-state index in [0.29, 0.717) is 0 Å². The molecule has 1 aliphatic rings. The van der Waals surface area contributed by atoms with Crippen LogP contribution in [0.25, 0.3) is 0 Å². The number of rotatable bonds is 0. The monoisotopic (exact) mass is 188 g/mol. The lowest BCUT2D eigenvalue weighted by Gasteiger charge is -1.93. The lowest BCUT2D eigenvalue weighted by molar-refractivity contribution is 0.761. The van der Waals surface area contributed by atoms with Crippen molar-refractivity contribution in [1.82, 2.24) is 0 Å². The molecule has 0 aromatic rings. The van der Waals surface area contributed by atoms with Crippen LogP contribution < -0.4 is 0 Å². The van der Waals surface area contributed by atoms with Crippen molar-refractivity contribution in [2.45, 2.75) is 38.5 Å². The van der Waals surface area contributed by atoms with E-state index in [1.165, 1.54) is 25.7 Å². The normalized spacial score (nSPS) is 19.4. The number of allylic oxidation sites excluding steroid dienone is 8. The van der Waals surface area contributed by atoms with E-state index in [-0.39, 0.29) is 0 Å². The first-order chi connectivity index (χ1) is 7.00. The van der Waals surface area contributed by atoms with Crippen molar-refractivity contribution in [3.05, 3.63) is 48.6 Å². The van der Waals surface area contributed by atoms with E-state index in [4.69, 9.17) is 0 Å². The van der Waals surface area contributed by atoms with Gasteiger partial charge in [0.25, 0.3) is 0 Å². The van der Waals surface area contributed by atoms with Gasteiger partial charge >= 0.3 is 0 Å². The molecule has 14 heavy (non-hydrogen) atoms. The topological polar surface area (TPSA) is 0 Å². The van der Waals surface area contributed by atoms with E-state index in [1.807, 2.05) is 0 Å². The zero-order valence-corrected chi connectivity index (χ0v) is 8.86. The van der Waals surface area contributed by atoms with Gasteiger partial charge in [-0.3, -0.25) is 0 Å². The molecule has 0 aromatic heterocycles. The Morgan fingerprint density at radius 2 is 1.07 bits per heavy atom. The molecule has 0 saturated carbocycles. The molecule has 0 aliphatic heterocycles. The Balaban J connectivity index is 2.35. The van der Waals surface area contributed by atoms with Crippen LogP contribution in [0.1, 0.15) is 38.5 Å². The van der Waals surface area contributed by atoms with Crippen molar-refractivity contribution in [2.24, 2.45) is 0 Å².